The van der Waals surface area contributed by atoms with Crippen molar-refractivity contribution in [1.29, 1.82) is 0 Å². The molecule has 0 saturated carbocycles. The number of benzene rings is 1. The number of nitrogens with zero attached hydrogens (tertiary/aromatic N) is 1. The molecule has 1 aromatic carbocycles. The summed E-state index contributed by atoms with van der Waals surface area (Å²) in [6.07, 6.45) is 1.12. The number of rotatable bonds is 3. The average Bonchev–Trinajstić information content (AvgIpc) is 2.52. The molecule has 0 aliphatic carbocycles. The fraction of sp³-hybridized carbons (Fsp3) is 0.125. The van der Waals surface area contributed by atoms with Crippen LogP contribution in [0.1, 0.15) is 11.1 Å². The molecule has 0 aliphatic heterocycles. The van der Waals surface area contributed by atoms with Crippen LogP contribution in [-0.2, 0) is 15.7 Å². The Morgan fingerprint density at radius 3 is 2.64 bits per heavy atom. The van der Waals surface area contributed by atoms with E-state index in [4.69, 9.17) is 0 Å². The molecule has 1 heterocycles. The van der Waals surface area contributed by atoms with Gasteiger partial charge in [-0.05, 0) is 35.4 Å². The predicted molar refractivity (Wildman–Crippen MR) is 75.7 cm³/mol. The maximum absolute atomic E-state index is 12.9. The number of carbonyl (C=O) groups is 1. The summed E-state index contributed by atoms with van der Waals surface area (Å²) in [5.41, 5.74) is 0.564. The first-order valence-electron chi connectivity index (χ1n) is 6.29. The van der Waals surface area contributed by atoms with Crippen LogP contribution < -0.4 is 0 Å². The molecule has 22 heavy (non-hydrogen) atoms. The summed E-state index contributed by atoms with van der Waals surface area (Å²) < 4.78 is 43.1. The molecule has 2 aromatic rings. The second-order valence-corrected chi connectivity index (χ2v) is 4.40. The monoisotopic (exact) mass is 307 g/mol. The molecule has 0 fully saturated rings. The minimum absolute atomic E-state index is 0.336. The smallest absolute Gasteiger partial charge is 0.416 e. The molecule has 0 atom stereocenters. The number of ether oxygens (including phenoxy) is 1. The van der Waals surface area contributed by atoms with Gasteiger partial charge in [0.25, 0.3) is 0 Å². The highest BCUT2D eigenvalue weighted by Crippen LogP contribution is 2.34. The average molecular weight is 307 g/mol. The van der Waals surface area contributed by atoms with E-state index in [9.17, 15) is 18.0 Å². The fourth-order valence-electron chi connectivity index (χ4n) is 1.88. The lowest BCUT2D eigenvalue weighted by Gasteiger charge is -2.11. The number of alkyl halides is 3. The number of esters is 1. The molecule has 0 saturated heterocycles. The van der Waals surface area contributed by atoms with Crippen LogP contribution in [0.4, 0.5) is 13.2 Å². The molecule has 0 spiro atoms. The molecule has 6 heteroatoms. The standard InChI is InChI=1S/C16H12F3NO2/c1-22-15(21)7-5-11-4-6-13(16(17,18)19)9-14(11)12-3-2-8-20-10-12/h2-10H,1H3. The van der Waals surface area contributed by atoms with Gasteiger partial charge in [0.15, 0.2) is 0 Å². The van der Waals surface area contributed by atoms with Crippen LogP contribution >= 0.6 is 0 Å². The van der Waals surface area contributed by atoms with Gasteiger partial charge in [-0.2, -0.15) is 13.2 Å². The van der Waals surface area contributed by atoms with Gasteiger partial charge in [-0.3, -0.25) is 4.98 Å². The third-order valence-electron chi connectivity index (χ3n) is 2.95. The fourth-order valence-corrected chi connectivity index (χ4v) is 1.88. The zero-order valence-corrected chi connectivity index (χ0v) is 11.6. The number of methoxy groups -OCH3 is 1. The van der Waals surface area contributed by atoms with E-state index in [-0.39, 0.29) is 0 Å². The Morgan fingerprint density at radius 1 is 1.27 bits per heavy atom. The molecule has 0 radical (unpaired) electrons. The van der Waals surface area contributed by atoms with Crippen molar-refractivity contribution < 1.29 is 22.7 Å². The summed E-state index contributed by atoms with van der Waals surface area (Å²) >= 11 is 0. The van der Waals surface area contributed by atoms with Gasteiger partial charge in [-0.15, -0.1) is 0 Å². The van der Waals surface area contributed by atoms with E-state index >= 15 is 0 Å². The first kappa shape index (κ1) is 15.8. The summed E-state index contributed by atoms with van der Waals surface area (Å²) in [5.74, 6) is -0.586. The molecule has 0 bridgehead atoms. The first-order valence-corrected chi connectivity index (χ1v) is 6.29. The largest absolute Gasteiger partial charge is 0.466 e. The second-order valence-electron chi connectivity index (χ2n) is 4.40. The zero-order chi connectivity index (χ0) is 16.2. The van der Waals surface area contributed by atoms with Gasteiger partial charge in [0, 0.05) is 24.0 Å². The molecule has 0 N–H and O–H groups in total. The van der Waals surface area contributed by atoms with Crippen molar-refractivity contribution >= 4 is 12.0 Å². The predicted octanol–water partition coefficient (Wildman–Crippen LogP) is 3.95. The van der Waals surface area contributed by atoms with E-state index in [2.05, 4.69) is 9.72 Å². The first-order chi connectivity index (χ1) is 10.4. The number of halogens is 3. The van der Waals surface area contributed by atoms with Gasteiger partial charge in [-0.1, -0.05) is 12.1 Å². The van der Waals surface area contributed by atoms with Gasteiger partial charge in [0.05, 0.1) is 12.7 Å². The maximum atomic E-state index is 12.9. The van der Waals surface area contributed by atoms with Crippen molar-refractivity contribution in [3.63, 3.8) is 0 Å². The van der Waals surface area contributed by atoms with Crippen molar-refractivity contribution in [1.82, 2.24) is 4.98 Å². The Morgan fingerprint density at radius 2 is 2.05 bits per heavy atom. The van der Waals surface area contributed by atoms with Crippen LogP contribution in [0.15, 0.2) is 48.8 Å². The molecule has 2 rings (SSSR count). The zero-order valence-electron chi connectivity index (χ0n) is 11.6. The second kappa shape index (κ2) is 6.43. The summed E-state index contributed by atoms with van der Waals surface area (Å²) in [4.78, 5) is 15.1. The highest BCUT2D eigenvalue weighted by molar-refractivity contribution is 5.89. The summed E-state index contributed by atoms with van der Waals surface area (Å²) in [7, 11) is 1.22. The summed E-state index contributed by atoms with van der Waals surface area (Å²) in [6.45, 7) is 0. The Labute approximate surface area is 125 Å². The van der Waals surface area contributed by atoms with Crippen LogP contribution in [0.25, 0.3) is 17.2 Å². The lowest BCUT2D eigenvalue weighted by atomic mass is 9.98. The van der Waals surface area contributed by atoms with Gasteiger partial charge in [0.1, 0.15) is 0 Å². The minimum atomic E-state index is -4.44. The van der Waals surface area contributed by atoms with Gasteiger partial charge >= 0.3 is 12.1 Å². The molecular weight excluding hydrogens is 295 g/mol. The Hall–Kier alpha value is -2.63. The van der Waals surface area contributed by atoms with Crippen molar-refractivity contribution in [3.8, 4) is 11.1 Å². The third kappa shape index (κ3) is 3.72. The van der Waals surface area contributed by atoms with E-state index in [1.807, 2.05) is 0 Å². The lowest BCUT2D eigenvalue weighted by Crippen LogP contribution is -2.05. The van der Waals surface area contributed by atoms with Crippen molar-refractivity contribution in [2.75, 3.05) is 7.11 Å². The van der Waals surface area contributed by atoms with Crippen LogP contribution in [-0.4, -0.2) is 18.1 Å². The number of pyridine rings is 1. The highest BCUT2D eigenvalue weighted by atomic mass is 19.4. The maximum Gasteiger partial charge on any atom is 0.416 e. The van der Waals surface area contributed by atoms with E-state index in [0.717, 1.165) is 18.2 Å². The molecule has 0 amide bonds. The van der Waals surface area contributed by atoms with Gasteiger partial charge < -0.3 is 4.74 Å². The molecule has 3 nitrogen and oxygen atoms in total. The Bertz CT molecular complexity index is 694. The highest BCUT2D eigenvalue weighted by Gasteiger charge is 2.31. The van der Waals surface area contributed by atoms with E-state index < -0.39 is 17.7 Å². The SMILES string of the molecule is COC(=O)C=Cc1ccc(C(F)(F)F)cc1-c1cccnc1. The van der Waals surface area contributed by atoms with Crippen LogP contribution in [0.2, 0.25) is 0 Å². The Balaban J connectivity index is 2.54. The summed E-state index contributed by atoms with van der Waals surface area (Å²) in [6, 6.07) is 6.59. The molecular formula is C16H12F3NO2. The van der Waals surface area contributed by atoms with Crippen LogP contribution in [0, 0.1) is 0 Å². The van der Waals surface area contributed by atoms with E-state index in [1.54, 1.807) is 12.1 Å². The van der Waals surface area contributed by atoms with Crippen molar-refractivity contribution in [2.24, 2.45) is 0 Å². The number of hydrogen-bond donors (Lipinski definition) is 0. The minimum Gasteiger partial charge on any atom is -0.466 e. The lowest BCUT2D eigenvalue weighted by molar-refractivity contribution is -0.137. The summed E-state index contributed by atoms with van der Waals surface area (Å²) in [5, 5.41) is 0. The molecule has 1 aromatic heterocycles. The van der Waals surface area contributed by atoms with Gasteiger partial charge in [-0.25, -0.2) is 4.79 Å². The van der Waals surface area contributed by atoms with E-state index in [1.165, 1.54) is 31.6 Å². The Kier molecular flexibility index (Phi) is 4.60. The molecule has 114 valence electrons. The van der Waals surface area contributed by atoms with Crippen LogP contribution in [0.3, 0.4) is 0 Å². The van der Waals surface area contributed by atoms with Crippen molar-refractivity contribution in [3.05, 3.63) is 59.9 Å². The number of aromatic nitrogens is 1. The normalized spacial score (nSPS) is 11.6. The van der Waals surface area contributed by atoms with Gasteiger partial charge in [0.2, 0.25) is 0 Å². The molecule has 0 unspecified atom stereocenters. The topological polar surface area (TPSA) is 39.2 Å². The van der Waals surface area contributed by atoms with E-state index in [0.29, 0.717) is 16.7 Å². The number of hydrogen-bond acceptors (Lipinski definition) is 3. The quantitative estimate of drug-likeness (QED) is 0.636. The number of carbonyl (C=O) groups excluding carboxylic acids is 1. The van der Waals surface area contributed by atoms with Crippen molar-refractivity contribution in [2.45, 2.75) is 6.18 Å². The third-order valence-corrected chi connectivity index (χ3v) is 2.95. The van der Waals surface area contributed by atoms with Crippen LogP contribution in [0.5, 0.6) is 0 Å². The molecule has 0 aliphatic rings.